The third-order valence-electron chi connectivity index (χ3n) is 1.85. The van der Waals surface area contributed by atoms with Crippen LogP contribution in [0, 0.1) is 0 Å². The molecular formula is C10H15NO3. The van der Waals surface area contributed by atoms with Gasteiger partial charge in [0.25, 0.3) is 0 Å². The van der Waals surface area contributed by atoms with Gasteiger partial charge < -0.3 is 14.9 Å². The summed E-state index contributed by atoms with van der Waals surface area (Å²) in [4.78, 5) is 4.04. The summed E-state index contributed by atoms with van der Waals surface area (Å²) < 4.78 is 5.26. The van der Waals surface area contributed by atoms with Gasteiger partial charge in [-0.1, -0.05) is 13.0 Å². The quantitative estimate of drug-likeness (QED) is 0.716. The number of hydrogen-bond acceptors (Lipinski definition) is 4. The summed E-state index contributed by atoms with van der Waals surface area (Å²) in [6.07, 6.45) is 1.62. The van der Waals surface area contributed by atoms with Gasteiger partial charge in [-0.25, -0.2) is 4.98 Å². The molecule has 0 bridgehead atoms. The zero-order valence-electron chi connectivity index (χ0n) is 8.18. The van der Waals surface area contributed by atoms with Gasteiger partial charge in [-0.2, -0.15) is 0 Å². The van der Waals surface area contributed by atoms with Gasteiger partial charge in [-0.15, -0.1) is 0 Å². The Hall–Kier alpha value is -1.13. The first kappa shape index (κ1) is 10.9. The van der Waals surface area contributed by atoms with Crippen molar-refractivity contribution in [2.24, 2.45) is 0 Å². The Labute approximate surface area is 83.2 Å². The second-order valence-corrected chi connectivity index (χ2v) is 2.97. The molecule has 0 aliphatic heterocycles. The van der Waals surface area contributed by atoms with Gasteiger partial charge >= 0.3 is 0 Å². The first-order valence-electron chi connectivity index (χ1n) is 4.63. The third-order valence-corrected chi connectivity index (χ3v) is 1.85. The summed E-state index contributed by atoms with van der Waals surface area (Å²) in [5, 5.41) is 17.7. The van der Waals surface area contributed by atoms with Crippen LogP contribution in [0.1, 0.15) is 12.5 Å². The summed E-state index contributed by atoms with van der Waals surface area (Å²) in [6.45, 7) is 1.78. The third kappa shape index (κ3) is 2.97. The monoisotopic (exact) mass is 197 g/mol. The molecule has 0 spiro atoms. The molecule has 1 unspecified atom stereocenters. The summed E-state index contributed by atoms with van der Waals surface area (Å²) in [5.41, 5.74) is 0.998. The van der Waals surface area contributed by atoms with Crippen LogP contribution in [0.15, 0.2) is 18.3 Å². The molecule has 0 amide bonds. The van der Waals surface area contributed by atoms with Gasteiger partial charge in [0.1, 0.15) is 12.7 Å². The van der Waals surface area contributed by atoms with E-state index in [4.69, 9.17) is 14.9 Å². The molecule has 0 aliphatic rings. The lowest BCUT2D eigenvalue weighted by molar-refractivity contribution is 0.0518. The maximum absolute atomic E-state index is 9.08. The maximum atomic E-state index is 9.08. The van der Waals surface area contributed by atoms with Crippen LogP contribution in [0.2, 0.25) is 0 Å². The first-order chi connectivity index (χ1) is 6.77. The highest BCUT2D eigenvalue weighted by atomic mass is 16.5. The molecule has 14 heavy (non-hydrogen) atoms. The van der Waals surface area contributed by atoms with Gasteiger partial charge in [0.2, 0.25) is 5.88 Å². The number of ether oxygens (including phenoxy) is 1. The second-order valence-electron chi connectivity index (χ2n) is 2.97. The number of aromatic nitrogens is 1. The fourth-order valence-corrected chi connectivity index (χ4v) is 1.05. The van der Waals surface area contributed by atoms with Crippen molar-refractivity contribution in [2.75, 3.05) is 13.2 Å². The van der Waals surface area contributed by atoms with E-state index < -0.39 is 6.10 Å². The number of aliphatic hydroxyl groups excluding tert-OH is 2. The van der Waals surface area contributed by atoms with Crippen molar-refractivity contribution >= 4 is 0 Å². The Kier molecular flexibility index (Phi) is 4.35. The number of hydrogen-bond donors (Lipinski definition) is 2. The van der Waals surface area contributed by atoms with E-state index in [1.54, 1.807) is 6.20 Å². The van der Waals surface area contributed by atoms with Gasteiger partial charge in [-0.3, -0.25) is 0 Å². The van der Waals surface area contributed by atoms with Crippen LogP contribution in [0.4, 0.5) is 0 Å². The van der Waals surface area contributed by atoms with E-state index in [9.17, 15) is 0 Å². The molecule has 0 aromatic carbocycles. The average Bonchev–Trinajstić information content (AvgIpc) is 2.26. The van der Waals surface area contributed by atoms with Crippen LogP contribution in [0.3, 0.4) is 0 Å². The minimum absolute atomic E-state index is 0.0700. The standard InChI is InChI=1S/C10H15NO3/c1-2-8-4-3-5-11-10(8)14-7-9(13)6-12/h3-5,9,12-13H,2,6-7H2,1H3. The molecule has 0 fully saturated rings. The van der Waals surface area contributed by atoms with Crippen LogP contribution in [0.5, 0.6) is 5.88 Å². The van der Waals surface area contributed by atoms with E-state index in [1.165, 1.54) is 0 Å². The Bertz CT molecular complexity index is 278. The molecule has 1 rings (SSSR count). The Balaban J connectivity index is 2.57. The van der Waals surface area contributed by atoms with Crippen molar-refractivity contribution in [1.29, 1.82) is 0 Å². The van der Waals surface area contributed by atoms with E-state index in [1.807, 2.05) is 19.1 Å². The van der Waals surface area contributed by atoms with Crippen molar-refractivity contribution in [3.8, 4) is 5.88 Å². The maximum Gasteiger partial charge on any atom is 0.216 e. The average molecular weight is 197 g/mol. The predicted octanol–water partition coefficient (Wildman–Crippen LogP) is 0.376. The van der Waals surface area contributed by atoms with Gasteiger partial charge in [0.15, 0.2) is 0 Å². The first-order valence-corrected chi connectivity index (χ1v) is 4.63. The number of nitrogens with zero attached hydrogens (tertiary/aromatic N) is 1. The summed E-state index contributed by atoms with van der Waals surface area (Å²) in [5.74, 6) is 0.530. The summed E-state index contributed by atoms with van der Waals surface area (Å²) in [7, 11) is 0. The van der Waals surface area contributed by atoms with Crippen LogP contribution >= 0.6 is 0 Å². The molecule has 1 aromatic rings. The van der Waals surface area contributed by atoms with E-state index in [0.29, 0.717) is 5.88 Å². The Morgan fingerprint density at radius 1 is 1.57 bits per heavy atom. The zero-order valence-corrected chi connectivity index (χ0v) is 8.18. The Morgan fingerprint density at radius 3 is 3.00 bits per heavy atom. The topological polar surface area (TPSA) is 62.6 Å². The van der Waals surface area contributed by atoms with Crippen molar-refractivity contribution < 1.29 is 14.9 Å². The lowest BCUT2D eigenvalue weighted by Gasteiger charge is -2.11. The fraction of sp³-hybridized carbons (Fsp3) is 0.500. The number of pyridine rings is 1. The summed E-state index contributed by atoms with van der Waals surface area (Å²) in [6, 6.07) is 3.77. The normalized spacial score (nSPS) is 12.5. The van der Waals surface area contributed by atoms with Crippen LogP contribution in [0.25, 0.3) is 0 Å². The highest BCUT2D eigenvalue weighted by molar-refractivity contribution is 5.25. The van der Waals surface area contributed by atoms with Crippen molar-refractivity contribution in [3.63, 3.8) is 0 Å². The number of aryl methyl sites for hydroxylation is 1. The van der Waals surface area contributed by atoms with Crippen molar-refractivity contribution in [1.82, 2.24) is 4.98 Å². The highest BCUT2D eigenvalue weighted by Crippen LogP contribution is 2.14. The highest BCUT2D eigenvalue weighted by Gasteiger charge is 2.06. The van der Waals surface area contributed by atoms with Gasteiger partial charge in [0, 0.05) is 11.8 Å². The molecule has 0 radical (unpaired) electrons. The fourth-order valence-electron chi connectivity index (χ4n) is 1.05. The molecule has 2 N–H and O–H groups in total. The van der Waals surface area contributed by atoms with E-state index >= 15 is 0 Å². The minimum atomic E-state index is -0.846. The zero-order chi connectivity index (χ0) is 10.4. The van der Waals surface area contributed by atoms with Gasteiger partial charge in [-0.05, 0) is 12.5 Å². The molecule has 1 atom stereocenters. The SMILES string of the molecule is CCc1cccnc1OCC(O)CO. The molecule has 4 heteroatoms. The molecular weight excluding hydrogens is 182 g/mol. The molecule has 4 nitrogen and oxygen atoms in total. The summed E-state index contributed by atoms with van der Waals surface area (Å²) >= 11 is 0. The molecule has 1 aromatic heterocycles. The second kappa shape index (κ2) is 5.57. The van der Waals surface area contributed by atoms with E-state index in [2.05, 4.69) is 4.98 Å². The molecule has 0 saturated carbocycles. The van der Waals surface area contributed by atoms with Gasteiger partial charge in [0.05, 0.1) is 6.61 Å². The van der Waals surface area contributed by atoms with E-state index in [0.717, 1.165) is 12.0 Å². The lowest BCUT2D eigenvalue weighted by Crippen LogP contribution is -2.21. The Morgan fingerprint density at radius 2 is 2.36 bits per heavy atom. The predicted molar refractivity (Wildman–Crippen MR) is 52.2 cm³/mol. The molecule has 1 heterocycles. The van der Waals surface area contributed by atoms with Crippen molar-refractivity contribution in [2.45, 2.75) is 19.4 Å². The smallest absolute Gasteiger partial charge is 0.216 e. The van der Waals surface area contributed by atoms with Crippen LogP contribution in [-0.2, 0) is 6.42 Å². The largest absolute Gasteiger partial charge is 0.475 e. The number of aliphatic hydroxyl groups is 2. The van der Waals surface area contributed by atoms with E-state index in [-0.39, 0.29) is 13.2 Å². The van der Waals surface area contributed by atoms with Crippen LogP contribution in [-0.4, -0.2) is 34.5 Å². The van der Waals surface area contributed by atoms with Crippen molar-refractivity contribution in [3.05, 3.63) is 23.9 Å². The van der Waals surface area contributed by atoms with Crippen LogP contribution < -0.4 is 4.74 Å². The lowest BCUT2D eigenvalue weighted by atomic mass is 10.2. The number of rotatable bonds is 5. The molecule has 0 saturated heterocycles. The molecule has 78 valence electrons. The minimum Gasteiger partial charge on any atom is -0.475 e. The molecule has 0 aliphatic carbocycles.